The standard InChI is InChI=1S/C7H10Cl2O2/c1-4-2-7(10)11-5(4)3-6(8)9/h4-6H,2-3H2,1H3/t4-,5+/m1/s1. The van der Waals surface area contributed by atoms with Crippen molar-refractivity contribution in [3.8, 4) is 0 Å². The Hall–Kier alpha value is 0.0500. The summed E-state index contributed by atoms with van der Waals surface area (Å²) in [6.07, 6.45) is 0.948. The summed E-state index contributed by atoms with van der Waals surface area (Å²) in [4.78, 5) is 10.3. The zero-order chi connectivity index (χ0) is 8.43. The lowest BCUT2D eigenvalue weighted by molar-refractivity contribution is -0.141. The van der Waals surface area contributed by atoms with Crippen molar-refractivity contribution >= 4 is 29.2 Å². The van der Waals surface area contributed by atoms with Gasteiger partial charge < -0.3 is 4.74 Å². The molecular formula is C7H10Cl2O2. The van der Waals surface area contributed by atoms with Gasteiger partial charge in [-0.05, 0) is 0 Å². The quantitative estimate of drug-likeness (QED) is 0.500. The maximum Gasteiger partial charge on any atom is 0.306 e. The fourth-order valence-corrected chi connectivity index (χ4v) is 1.53. The van der Waals surface area contributed by atoms with E-state index in [0.29, 0.717) is 12.8 Å². The van der Waals surface area contributed by atoms with Gasteiger partial charge in [0.15, 0.2) is 0 Å². The van der Waals surface area contributed by atoms with E-state index in [-0.39, 0.29) is 18.0 Å². The number of carbonyl (C=O) groups is 1. The maximum absolute atomic E-state index is 10.7. The first kappa shape index (κ1) is 9.14. The molecule has 1 aliphatic heterocycles. The monoisotopic (exact) mass is 196 g/mol. The number of carbonyl (C=O) groups excluding carboxylic acids is 1. The minimum absolute atomic E-state index is 0.0810. The van der Waals surface area contributed by atoms with Gasteiger partial charge in [-0.1, -0.05) is 6.92 Å². The predicted octanol–water partition coefficient (Wildman–Crippen LogP) is 2.13. The molecule has 1 fully saturated rings. The number of ether oxygens (including phenoxy) is 1. The first-order valence-electron chi connectivity index (χ1n) is 3.57. The highest BCUT2D eigenvalue weighted by molar-refractivity contribution is 6.44. The van der Waals surface area contributed by atoms with Crippen LogP contribution in [0.3, 0.4) is 0 Å². The largest absolute Gasteiger partial charge is 0.462 e. The number of rotatable bonds is 2. The second-order valence-electron chi connectivity index (χ2n) is 2.84. The second kappa shape index (κ2) is 3.63. The van der Waals surface area contributed by atoms with E-state index in [2.05, 4.69) is 0 Å². The summed E-state index contributed by atoms with van der Waals surface area (Å²) in [6, 6.07) is 0. The Balaban J connectivity index is 2.40. The molecule has 0 spiro atoms. The molecule has 0 aromatic carbocycles. The molecule has 0 bridgehead atoms. The Kier molecular flexibility index (Phi) is 3.02. The SMILES string of the molecule is C[C@@H]1CC(=O)O[C@H]1CC(Cl)Cl. The van der Waals surface area contributed by atoms with Crippen LogP contribution in [0.15, 0.2) is 0 Å². The normalized spacial score (nSPS) is 31.1. The van der Waals surface area contributed by atoms with Crippen molar-refractivity contribution in [1.29, 1.82) is 0 Å². The molecule has 64 valence electrons. The van der Waals surface area contributed by atoms with E-state index >= 15 is 0 Å². The third-order valence-electron chi connectivity index (χ3n) is 1.82. The number of esters is 1. The number of alkyl halides is 2. The highest BCUT2D eigenvalue weighted by Crippen LogP contribution is 2.27. The van der Waals surface area contributed by atoms with Crippen LogP contribution in [-0.4, -0.2) is 16.9 Å². The lowest BCUT2D eigenvalue weighted by atomic mass is 10.0. The van der Waals surface area contributed by atoms with Gasteiger partial charge in [0.1, 0.15) is 10.9 Å². The molecule has 11 heavy (non-hydrogen) atoms. The highest BCUT2D eigenvalue weighted by Gasteiger charge is 2.32. The Bertz CT molecular complexity index is 159. The third-order valence-corrected chi connectivity index (χ3v) is 2.17. The molecule has 0 amide bonds. The summed E-state index contributed by atoms with van der Waals surface area (Å²) >= 11 is 11.1. The van der Waals surface area contributed by atoms with Crippen molar-refractivity contribution in [1.82, 2.24) is 0 Å². The Labute approximate surface area is 75.8 Å². The van der Waals surface area contributed by atoms with Gasteiger partial charge in [-0.25, -0.2) is 0 Å². The molecular weight excluding hydrogens is 187 g/mol. The Morgan fingerprint density at radius 1 is 1.73 bits per heavy atom. The van der Waals surface area contributed by atoms with Crippen molar-refractivity contribution in [2.24, 2.45) is 5.92 Å². The van der Waals surface area contributed by atoms with Crippen molar-refractivity contribution < 1.29 is 9.53 Å². The number of halogens is 2. The summed E-state index contributed by atoms with van der Waals surface area (Å²) < 4.78 is 4.98. The molecule has 2 nitrogen and oxygen atoms in total. The predicted molar refractivity (Wildman–Crippen MR) is 43.8 cm³/mol. The average Bonchev–Trinajstić information content (AvgIpc) is 2.09. The van der Waals surface area contributed by atoms with Crippen molar-refractivity contribution in [3.63, 3.8) is 0 Å². The highest BCUT2D eigenvalue weighted by atomic mass is 35.5. The molecule has 2 atom stereocenters. The molecule has 1 heterocycles. The van der Waals surface area contributed by atoms with Crippen LogP contribution in [0.5, 0.6) is 0 Å². The van der Waals surface area contributed by atoms with Crippen LogP contribution in [0.1, 0.15) is 19.8 Å². The summed E-state index contributed by atoms with van der Waals surface area (Å²) in [5.41, 5.74) is 0. The van der Waals surface area contributed by atoms with Crippen LogP contribution in [-0.2, 0) is 9.53 Å². The molecule has 4 heteroatoms. The summed E-state index contributed by atoms with van der Waals surface area (Å²) in [5, 5.41) is 0. The van der Waals surface area contributed by atoms with Crippen LogP contribution in [0, 0.1) is 5.92 Å². The zero-order valence-corrected chi connectivity index (χ0v) is 7.73. The van der Waals surface area contributed by atoms with Gasteiger partial charge in [0.05, 0.1) is 6.42 Å². The van der Waals surface area contributed by atoms with Crippen LogP contribution in [0.4, 0.5) is 0 Å². The second-order valence-corrected chi connectivity index (χ2v) is 4.11. The average molecular weight is 197 g/mol. The smallest absolute Gasteiger partial charge is 0.306 e. The number of hydrogen-bond donors (Lipinski definition) is 0. The minimum atomic E-state index is -0.437. The number of cyclic esters (lactones) is 1. The van der Waals surface area contributed by atoms with Crippen LogP contribution < -0.4 is 0 Å². The van der Waals surface area contributed by atoms with E-state index in [1.54, 1.807) is 0 Å². The maximum atomic E-state index is 10.7. The van der Waals surface area contributed by atoms with Crippen molar-refractivity contribution in [2.75, 3.05) is 0 Å². The van der Waals surface area contributed by atoms with E-state index in [9.17, 15) is 4.79 Å². The molecule has 0 aliphatic carbocycles. The summed E-state index contributed by atoms with van der Waals surface area (Å²) in [7, 11) is 0. The first-order chi connectivity index (χ1) is 5.09. The van der Waals surface area contributed by atoms with Crippen LogP contribution >= 0.6 is 23.2 Å². The molecule has 0 unspecified atom stereocenters. The zero-order valence-electron chi connectivity index (χ0n) is 6.22. The van der Waals surface area contributed by atoms with E-state index in [1.165, 1.54) is 0 Å². The van der Waals surface area contributed by atoms with E-state index in [4.69, 9.17) is 27.9 Å². The van der Waals surface area contributed by atoms with Gasteiger partial charge in [0.2, 0.25) is 0 Å². The minimum Gasteiger partial charge on any atom is -0.462 e. The lowest BCUT2D eigenvalue weighted by Crippen LogP contribution is -2.16. The van der Waals surface area contributed by atoms with Gasteiger partial charge in [-0.3, -0.25) is 4.79 Å². The third kappa shape index (κ3) is 2.53. The van der Waals surface area contributed by atoms with Gasteiger partial charge in [0.25, 0.3) is 0 Å². The molecule has 1 aliphatic rings. The molecule has 0 saturated carbocycles. The van der Waals surface area contributed by atoms with Gasteiger partial charge >= 0.3 is 5.97 Å². The van der Waals surface area contributed by atoms with Gasteiger partial charge in [0, 0.05) is 12.3 Å². The first-order valence-corrected chi connectivity index (χ1v) is 4.44. The van der Waals surface area contributed by atoms with Crippen molar-refractivity contribution in [2.45, 2.75) is 30.7 Å². The topological polar surface area (TPSA) is 26.3 Å². The van der Waals surface area contributed by atoms with E-state index in [1.807, 2.05) is 6.92 Å². The van der Waals surface area contributed by atoms with Crippen LogP contribution in [0.2, 0.25) is 0 Å². The Morgan fingerprint density at radius 2 is 2.36 bits per heavy atom. The molecule has 0 aromatic heterocycles. The Morgan fingerprint density at radius 3 is 2.73 bits per heavy atom. The van der Waals surface area contributed by atoms with Gasteiger partial charge in [-0.15, -0.1) is 23.2 Å². The van der Waals surface area contributed by atoms with E-state index in [0.717, 1.165) is 0 Å². The van der Waals surface area contributed by atoms with Gasteiger partial charge in [-0.2, -0.15) is 0 Å². The summed E-state index contributed by atoms with van der Waals surface area (Å²) in [6.45, 7) is 1.96. The van der Waals surface area contributed by atoms with E-state index < -0.39 is 4.84 Å². The summed E-state index contributed by atoms with van der Waals surface area (Å²) in [5.74, 6) is 0.110. The molecule has 1 saturated heterocycles. The van der Waals surface area contributed by atoms with Crippen LogP contribution in [0.25, 0.3) is 0 Å². The molecule has 0 radical (unpaired) electrons. The molecule has 0 N–H and O–H groups in total. The molecule has 1 rings (SSSR count). The fourth-order valence-electron chi connectivity index (χ4n) is 1.18. The number of hydrogen-bond acceptors (Lipinski definition) is 2. The fraction of sp³-hybridized carbons (Fsp3) is 0.857. The van der Waals surface area contributed by atoms with Crippen molar-refractivity contribution in [3.05, 3.63) is 0 Å². The molecule has 0 aromatic rings. The lowest BCUT2D eigenvalue weighted by Gasteiger charge is -2.13.